The van der Waals surface area contributed by atoms with E-state index in [0.29, 0.717) is 35.6 Å². The molecule has 12 heteroatoms. The Morgan fingerprint density at radius 2 is 2.16 bits per heavy atom. The zero-order valence-corrected chi connectivity index (χ0v) is 15.8. The molecule has 31 heavy (non-hydrogen) atoms. The Morgan fingerprint density at radius 1 is 1.29 bits per heavy atom. The number of nitrogens with zero attached hydrogens (tertiary/aromatic N) is 4. The maximum Gasteiger partial charge on any atom is 0.433 e. The lowest BCUT2D eigenvalue weighted by molar-refractivity contribution is -0.402. The van der Waals surface area contributed by atoms with Crippen LogP contribution in [-0.2, 0) is 12.8 Å². The first-order valence-corrected chi connectivity index (χ1v) is 9.31. The highest BCUT2D eigenvalue weighted by Crippen LogP contribution is 2.26. The molecule has 4 heterocycles. The lowest BCUT2D eigenvalue weighted by Gasteiger charge is -2.08. The lowest BCUT2D eigenvalue weighted by atomic mass is 10.3. The third-order valence-corrected chi connectivity index (χ3v) is 4.85. The molecule has 0 saturated carbocycles. The molecule has 0 bridgehead atoms. The molecule has 0 spiro atoms. The van der Waals surface area contributed by atoms with Crippen LogP contribution in [0, 0.1) is 10.1 Å². The van der Waals surface area contributed by atoms with Gasteiger partial charge in [-0.15, -0.1) is 0 Å². The van der Waals surface area contributed by atoms with E-state index >= 15 is 0 Å². The first-order valence-electron chi connectivity index (χ1n) is 9.31. The van der Waals surface area contributed by atoms with Gasteiger partial charge in [-0.1, -0.05) is 0 Å². The molecular formula is C19H14N6O6. The van der Waals surface area contributed by atoms with Crippen molar-refractivity contribution >= 4 is 17.6 Å². The van der Waals surface area contributed by atoms with Crippen molar-refractivity contribution in [3.8, 4) is 17.4 Å². The monoisotopic (exact) mass is 422 g/mol. The number of aromatic amines is 1. The summed E-state index contributed by atoms with van der Waals surface area (Å²) >= 11 is 0. The van der Waals surface area contributed by atoms with E-state index < -0.39 is 16.7 Å². The van der Waals surface area contributed by atoms with Gasteiger partial charge in [0.2, 0.25) is 5.95 Å². The predicted octanol–water partition coefficient (Wildman–Crippen LogP) is 2.46. The van der Waals surface area contributed by atoms with Gasteiger partial charge in [0, 0.05) is 11.6 Å². The number of aryl methyl sites for hydroxylation is 1. The van der Waals surface area contributed by atoms with Crippen molar-refractivity contribution in [2.75, 3.05) is 5.32 Å². The van der Waals surface area contributed by atoms with Crippen LogP contribution >= 0.6 is 0 Å². The van der Waals surface area contributed by atoms with Crippen molar-refractivity contribution in [1.82, 2.24) is 19.7 Å². The maximum absolute atomic E-state index is 12.6. The van der Waals surface area contributed by atoms with E-state index in [-0.39, 0.29) is 23.1 Å². The van der Waals surface area contributed by atoms with Crippen molar-refractivity contribution in [2.24, 2.45) is 0 Å². The minimum absolute atomic E-state index is 0.129. The Bertz CT molecular complexity index is 1360. The highest BCUT2D eigenvalue weighted by atomic mass is 16.6. The van der Waals surface area contributed by atoms with E-state index in [1.807, 2.05) is 0 Å². The minimum atomic E-state index is -0.741. The van der Waals surface area contributed by atoms with E-state index in [2.05, 4.69) is 20.4 Å². The van der Waals surface area contributed by atoms with Crippen LogP contribution in [0.3, 0.4) is 0 Å². The average molecular weight is 422 g/mol. The van der Waals surface area contributed by atoms with Crippen LogP contribution < -0.4 is 10.9 Å². The topological polar surface area (TPSA) is 162 Å². The van der Waals surface area contributed by atoms with E-state index in [1.54, 1.807) is 12.1 Å². The molecule has 0 fully saturated rings. The highest BCUT2D eigenvalue weighted by molar-refractivity contribution is 6.02. The Kier molecular flexibility index (Phi) is 4.24. The van der Waals surface area contributed by atoms with Crippen LogP contribution in [0.25, 0.3) is 17.4 Å². The van der Waals surface area contributed by atoms with Crippen LogP contribution in [0.5, 0.6) is 0 Å². The first kappa shape index (κ1) is 18.5. The van der Waals surface area contributed by atoms with Crippen LogP contribution in [-0.4, -0.2) is 30.6 Å². The molecule has 1 amide bonds. The number of H-pyrrole nitrogens is 1. The lowest BCUT2D eigenvalue weighted by Crippen LogP contribution is -2.21. The summed E-state index contributed by atoms with van der Waals surface area (Å²) in [6, 6.07) is 7.18. The average Bonchev–Trinajstić information content (AvgIpc) is 3.53. The quantitative estimate of drug-likeness (QED) is 0.366. The number of hydrogen-bond donors (Lipinski definition) is 2. The number of anilines is 1. The number of nitro groups is 1. The zero-order chi connectivity index (χ0) is 21.5. The number of rotatable bonds is 5. The number of carbonyl (C=O) groups excluding carboxylic acids is 1. The summed E-state index contributed by atoms with van der Waals surface area (Å²) in [6.45, 7) is 0. The summed E-state index contributed by atoms with van der Waals surface area (Å²) in [5.41, 5.74) is 1.46. The van der Waals surface area contributed by atoms with E-state index in [9.17, 15) is 19.7 Å². The van der Waals surface area contributed by atoms with Gasteiger partial charge in [-0.25, -0.2) is 4.98 Å². The number of furan rings is 2. The maximum atomic E-state index is 12.6. The summed E-state index contributed by atoms with van der Waals surface area (Å²) in [7, 11) is 0. The number of nitrogens with one attached hydrogen (secondary N) is 2. The molecule has 0 atom stereocenters. The van der Waals surface area contributed by atoms with Crippen molar-refractivity contribution in [3.05, 3.63) is 74.1 Å². The molecule has 5 rings (SSSR count). The largest absolute Gasteiger partial charge is 0.463 e. The molecule has 1 aliphatic carbocycles. The second-order valence-electron chi connectivity index (χ2n) is 6.82. The smallest absolute Gasteiger partial charge is 0.433 e. The standard InChI is InChI=1S/C19H14N6O6/c26-17-10-3-1-4-11(10)20-19(22-17)24-15(9-12(23-24)13-5-2-8-30-13)21-18(27)14-6-7-16(31-14)25(28)29/h2,5-9H,1,3-4H2,(H,21,27)(H,20,22,26). The van der Waals surface area contributed by atoms with Crippen LogP contribution in [0.15, 0.2) is 50.2 Å². The first-order chi connectivity index (χ1) is 15.0. The fourth-order valence-electron chi connectivity index (χ4n) is 3.43. The third kappa shape index (κ3) is 3.29. The Labute approximate surface area is 172 Å². The van der Waals surface area contributed by atoms with Gasteiger partial charge in [0.15, 0.2) is 11.5 Å². The zero-order valence-electron chi connectivity index (χ0n) is 15.8. The fourth-order valence-corrected chi connectivity index (χ4v) is 3.43. The number of hydrogen-bond acceptors (Lipinski definition) is 8. The molecule has 2 N–H and O–H groups in total. The minimum Gasteiger partial charge on any atom is -0.463 e. The Balaban J connectivity index is 1.56. The molecule has 1 aliphatic rings. The molecule has 0 aliphatic heterocycles. The van der Waals surface area contributed by atoms with Gasteiger partial charge >= 0.3 is 5.88 Å². The van der Waals surface area contributed by atoms with Crippen LogP contribution in [0.2, 0.25) is 0 Å². The number of carbonyl (C=O) groups is 1. The van der Waals surface area contributed by atoms with Gasteiger partial charge < -0.3 is 14.2 Å². The number of fused-ring (bicyclic) bond motifs is 1. The SMILES string of the molecule is O=C(Nc1cc(-c2ccco2)nn1-c1nc2c(c(=O)[nH]1)CCC2)c1ccc([N+](=O)[O-])o1. The van der Waals surface area contributed by atoms with E-state index in [4.69, 9.17) is 8.83 Å². The second-order valence-corrected chi connectivity index (χ2v) is 6.82. The molecule has 12 nitrogen and oxygen atoms in total. The summed E-state index contributed by atoms with van der Waals surface area (Å²) in [5, 5.41) is 17.8. The van der Waals surface area contributed by atoms with Crippen LogP contribution in [0.1, 0.15) is 28.2 Å². The van der Waals surface area contributed by atoms with Gasteiger partial charge in [-0.3, -0.25) is 24.7 Å². The molecular weight excluding hydrogens is 408 g/mol. The number of aromatic nitrogens is 4. The van der Waals surface area contributed by atoms with Crippen molar-refractivity contribution < 1.29 is 18.6 Å². The van der Waals surface area contributed by atoms with Gasteiger partial charge in [0.05, 0.1) is 18.0 Å². The summed E-state index contributed by atoms with van der Waals surface area (Å²) < 4.78 is 11.6. The van der Waals surface area contributed by atoms with Crippen LogP contribution in [0.4, 0.5) is 11.7 Å². The third-order valence-electron chi connectivity index (χ3n) is 4.85. The molecule has 0 unspecified atom stereocenters. The highest BCUT2D eigenvalue weighted by Gasteiger charge is 2.23. The Morgan fingerprint density at radius 3 is 2.90 bits per heavy atom. The molecule has 4 aromatic heterocycles. The fraction of sp³-hybridized carbons (Fsp3) is 0.158. The van der Waals surface area contributed by atoms with Gasteiger partial charge in [0.1, 0.15) is 16.4 Å². The predicted molar refractivity (Wildman–Crippen MR) is 105 cm³/mol. The van der Waals surface area contributed by atoms with Crippen molar-refractivity contribution in [3.63, 3.8) is 0 Å². The van der Waals surface area contributed by atoms with Gasteiger partial charge in [-0.2, -0.15) is 9.78 Å². The normalized spacial score (nSPS) is 12.6. The summed E-state index contributed by atoms with van der Waals surface area (Å²) in [5.74, 6) is -0.815. The summed E-state index contributed by atoms with van der Waals surface area (Å²) in [4.78, 5) is 42.3. The molecule has 0 saturated heterocycles. The molecule has 0 aromatic carbocycles. The molecule has 4 aromatic rings. The van der Waals surface area contributed by atoms with E-state index in [0.717, 1.165) is 12.5 Å². The molecule has 0 radical (unpaired) electrons. The van der Waals surface area contributed by atoms with E-state index in [1.165, 1.54) is 23.1 Å². The summed E-state index contributed by atoms with van der Waals surface area (Å²) in [6.07, 6.45) is 3.66. The van der Waals surface area contributed by atoms with Gasteiger partial charge in [0.25, 0.3) is 11.5 Å². The van der Waals surface area contributed by atoms with Crippen molar-refractivity contribution in [1.29, 1.82) is 0 Å². The Hall–Kier alpha value is -4.48. The van der Waals surface area contributed by atoms with Gasteiger partial charge in [-0.05, 0) is 37.5 Å². The second kappa shape index (κ2) is 7.09. The number of amides is 1. The molecule has 156 valence electrons. The van der Waals surface area contributed by atoms with Crippen molar-refractivity contribution in [2.45, 2.75) is 19.3 Å².